The Labute approximate surface area is 155 Å². The molecule has 0 aliphatic carbocycles. The molecule has 1 aromatic heterocycles. The van der Waals surface area contributed by atoms with Crippen molar-refractivity contribution in [2.75, 3.05) is 45.2 Å². The number of halogens is 3. The second-order valence-corrected chi connectivity index (χ2v) is 6.45. The lowest BCUT2D eigenvalue weighted by Crippen LogP contribution is -2.45. The number of methoxy groups -OCH3 is 1. The van der Waals surface area contributed by atoms with Crippen LogP contribution in [0.1, 0.15) is 15.9 Å². The summed E-state index contributed by atoms with van der Waals surface area (Å²) >= 11 is 0. The number of nitrogens with zero attached hydrogens (tertiary/aromatic N) is 3. The lowest BCUT2D eigenvalue weighted by molar-refractivity contribution is -0.137. The van der Waals surface area contributed by atoms with Gasteiger partial charge in [0.05, 0.1) is 18.2 Å². The molecule has 0 amide bonds. The molecule has 0 saturated carbocycles. The molecule has 8 heteroatoms. The monoisotopic (exact) mass is 379 g/mol. The quantitative estimate of drug-likeness (QED) is 0.766. The number of carbonyl (C=O) groups excluding carboxylic acids is 1. The molecule has 0 radical (unpaired) electrons. The summed E-state index contributed by atoms with van der Waals surface area (Å²) in [6.45, 7) is 2.38. The van der Waals surface area contributed by atoms with Crippen LogP contribution in [0.3, 0.4) is 0 Å². The third-order valence-electron chi connectivity index (χ3n) is 4.61. The molecule has 1 aromatic carbocycles. The highest BCUT2D eigenvalue weighted by Gasteiger charge is 2.36. The fourth-order valence-corrected chi connectivity index (χ4v) is 3.01. The number of carbonyl (C=O) groups is 1. The van der Waals surface area contributed by atoms with Crippen LogP contribution in [0.2, 0.25) is 0 Å². The number of alkyl halides is 3. The lowest BCUT2D eigenvalue weighted by Gasteiger charge is -2.34. The Bertz CT molecular complexity index is 814. The number of ether oxygens (including phenoxy) is 1. The average Bonchev–Trinajstić information content (AvgIpc) is 2.67. The van der Waals surface area contributed by atoms with Gasteiger partial charge < -0.3 is 14.5 Å². The van der Waals surface area contributed by atoms with Crippen LogP contribution in [0.25, 0.3) is 11.1 Å². The fourth-order valence-electron chi connectivity index (χ4n) is 3.01. The van der Waals surface area contributed by atoms with Crippen molar-refractivity contribution in [3.8, 4) is 11.1 Å². The summed E-state index contributed by atoms with van der Waals surface area (Å²) in [5, 5.41) is 0. The van der Waals surface area contributed by atoms with Crippen LogP contribution in [0, 0.1) is 0 Å². The van der Waals surface area contributed by atoms with Gasteiger partial charge in [-0.05, 0) is 30.8 Å². The number of anilines is 1. The minimum atomic E-state index is -4.51. The van der Waals surface area contributed by atoms with Crippen LogP contribution in [0.4, 0.5) is 19.0 Å². The second kappa shape index (κ2) is 7.56. The zero-order chi connectivity index (χ0) is 19.6. The molecule has 2 aromatic rings. The fraction of sp³-hybridized carbons (Fsp3) is 0.368. The van der Waals surface area contributed by atoms with Gasteiger partial charge in [0.25, 0.3) is 0 Å². The first kappa shape index (κ1) is 19.2. The number of likely N-dealkylation sites (N-methyl/N-ethyl adjacent to an activating group) is 1. The SMILES string of the molecule is COC(=O)c1ccc(-c2cnc(N3CCN(C)CC3)c(C(F)(F)F)c2)cc1. The number of benzene rings is 1. The van der Waals surface area contributed by atoms with Crippen molar-refractivity contribution in [1.29, 1.82) is 0 Å². The van der Waals surface area contributed by atoms with Crippen LogP contribution in [-0.2, 0) is 10.9 Å². The van der Waals surface area contributed by atoms with E-state index in [9.17, 15) is 18.0 Å². The summed E-state index contributed by atoms with van der Waals surface area (Å²) in [5.74, 6) is -0.536. The van der Waals surface area contributed by atoms with Crippen LogP contribution < -0.4 is 4.90 Å². The smallest absolute Gasteiger partial charge is 0.419 e. The number of pyridine rings is 1. The molecule has 2 heterocycles. The van der Waals surface area contributed by atoms with E-state index in [1.165, 1.54) is 25.4 Å². The van der Waals surface area contributed by atoms with Gasteiger partial charge in [-0.25, -0.2) is 9.78 Å². The molecule has 5 nitrogen and oxygen atoms in total. The van der Waals surface area contributed by atoms with Crippen molar-refractivity contribution in [3.63, 3.8) is 0 Å². The van der Waals surface area contributed by atoms with E-state index < -0.39 is 17.7 Å². The number of piperazine rings is 1. The van der Waals surface area contributed by atoms with Gasteiger partial charge >= 0.3 is 12.1 Å². The first-order chi connectivity index (χ1) is 12.8. The maximum absolute atomic E-state index is 13.7. The first-order valence-corrected chi connectivity index (χ1v) is 8.49. The van der Waals surface area contributed by atoms with Crippen molar-refractivity contribution in [1.82, 2.24) is 9.88 Å². The molecule has 144 valence electrons. The molecule has 1 aliphatic rings. The van der Waals surface area contributed by atoms with Crippen molar-refractivity contribution in [2.24, 2.45) is 0 Å². The van der Waals surface area contributed by atoms with Gasteiger partial charge in [0, 0.05) is 37.9 Å². The predicted molar refractivity (Wildman–Crippen MR) is 95.7 cm³/mol. The lowest BCUT2D eigenvalue weighted by atomic mass is 10.0. The van der Waals surface area contributed by atoms with Crippen molar-refractivity contribution in [3.05, 3.63) is 47.7 Å². The average molecular weight is 379 g/mol. The zero-order valence-electron chi connectivity index (χ0n) is 15.1. The van der Waals surface area contributed by atoms with E-state index in [-0.39, 0.29) is 5.82 Å². The predicted octanol–water partition coefficient (Wildman–Crippen LogP) is 3.31. The molecular weight excluding hydrogens is 359 g/mol. The van der Waals surface area contributed by atoms with Gasteiger partial charge in [-0.15, -0.1) is 0 Å². The summed E-state index contributed by atoms with van der Waals surface area (Å²) in [5.41, 5.74) is 0.475. The van der Waals surface area contributed by atoms with Crippen molar-refractivity contribution < 1.29 is 22.7 Å². The molecule has 27 heavy (non-hydrogen) atoms. The highest BCUT2D eigenvalue weighted by atomic mass is 19.4. The summed E-state index contributed by atoms with van der Waals surface area (Å²) in [6.07, 6.45) is -3.07. The Morgan fingerprint density at radius 1 is 1.07 bits per heavy atom. The van der Waals surface area contributed by atoms with Gasteiger partial charge in [0.1, 0.15) is 5.82 Å². The van der Waals surface area contributed by atoms with Crippen LogP contribution in [-0.4, -0.2) is 56.2 Å². The molecule has 0 N–H and O–H groups in total. The largest absolute Gasteiger partial charge is 0.465 e. The van der Waals surface area contributed by atoms with E-state index in [1.54, 1.807) is 17.0 Å². The van der Waals surface area contributed by atoms with E-state index in [0.717, 1.165) is 6.07 Å². The first-order valence-electron chi connectivity index (χ1n) is 8.49. The third-order valence-corrected chi connectivity index (χ3v) is 4.61. The van der Waals surface area contributed by atoms with Gasteiger partial charge in [-0.3, -0.25) is 0 Å². The number of hydrogen-bond donors (Lipinski definition) is 0. The van der Waals surface area contributed by atoms with E-state index in [4.69, 9.17) is 0 Å². The summed E-state index contributed by atoms with van der Waals surface area (Å²) in [4.78, 5) is 19.4. The number of rotatable bonds is 3. The van der Waals surface area contributed by atoms with Crippen LogP contribution in [0.5, 0.6) is 0 Å². The van der Waals surface area contributed by atoms with Crippen LogP contribution in [0.15, 0.2) is 36.5 Å². The van der Waals surface area contributed by atoms with E-state index in [2.05, 4.69) is 14.6 Å². The Balaban J connectivity index is 1.95. The minimum Gasteiger partial charge on any atom is -0.465 e. The molecule has 0 bridgehead atoms. The molecule has 0 unspecified atom stereocenters. The topological polar surface area (TPSA) is 45.7 Å². The highest BCUT2D eigenvalue weighted by Crippen LogP contribution is 2.38. The maximum atomic E-state index is 13.7. The van der Waals surface area contributed by atoms with Crippen LogP contribution >= 0.6 is 0 Å². The Morgan fingerprint density at radius 3 is 2.26 bits per heavy atom. The highest BCUT2D eigenvalue weighted by molar-refractivity contribution is 5.90. The van der Waals surface area contributed by atoms with Gasteiger partial charge in [-0.1, -0.05) is 12.1 Å². The summed E-state index contributed by atoms with van der Waals surface area (Å²) in [7, 11) is 3.21. The Morgan fingerprint density at radius 2 is 1.70 bits per heavy atom. The number of aromatic nitrogens is 1. The van der Waals surface area contributed by atoms with Gasteiger partial charge in [-0.2, -0.15) is 13.2 Å². The van der Waals surface area contributed by atoms with E-state index in [0.29, 0.717) is 42.9 Å². The Hall–Kier alpha value is -2.61. The molecule has 1 saturated heterocycles. The van der Waals surface area contributed by atoms with Gasteiger partial charge in [0.2, 0.25) is 0 Å². The minimum absolute atomic E-state index is 0.0365. The normalized spacial score (nSPS) is 15.7. The maximum Gasteiger partial charge on any atom is 0.419 e. The molecule has 3 rings (SSSR count). The third kappa shape index (κ3) is 4.21. The molecule has 0 spiro atoms. The number of esters is 1. The van der Waals surface area contributed by atoms with Crippen molar-refractivity contribution >= 4 is 11.8 Å². The molecule has 1 aliphatic heterocycles. The zero-order valence-corrected chi connectivity index (χ0v) is 15.1. The molecule has 0 atom stereocenters. The molecule has 1 fully saturated rings. The van der Waals surface area contributed by atoms with E-state index >= 15 is 0 Å². The second-order valence-electron chi connectivity index (χ2n) is 6.45. The Kier molecular flexibility index (Phi) is 5.36. The van der Waals surface area contributed by atoms with Crippen molar-refractivity contribution in [2.45, 2.75) is 6.18 Å². The summed E-state index contributed by atoms with van der Waals surface area (Å²) < 4.78 is 45.6. The summed E-state index contributed by atoms with van der Waals surface area (Å²) in [6, 6.07) is 7.32. The van der Waals surface area contributed by atoms with Gasteiger partial charge in [0.15, 0.2) is 0 Å². The van der Waals surface area contributed by atoms with E-state index in [1.807, 2.05) is 7.05 Å². The standard InChI is InChI=1S/C19H20F3N3O2/c1-24-7-9-25(10-8-24)17-16(19(20,21)22)11-15(12-23-17)13-3-5-14(6-4-13)18(26)27-2/h3-6,11-12H,7-10H2,1-2H3. The number of hydrogen-bond acceptors (Lipinski definition) is 5. The molecular formula is C19H20F3N3O2.